The number of fused-ring (bicyclic) bond motifs is 1. The van der Waals surface area contributed by atoms with Gasteiger partial charge >= 0.3 is 0 Å². The first-order chi connectivity index (χ1) is 9.63. The van der Waals surface area contributed by atoms with Crippen molar-refractivity contribution >= 4 is 34.6 Å². The zero-order chi connectivity index (χ0) is 14.1. The highest BCUT2D eigenvalue weighted by Gasteiger charge is 2.21. The maximum atomic E-state index is 11.5. The standard InChI is InChI=1S/C15H14ClN3O/c1-10(20)19-7-5-11-8-12(2-3-14(11)19)18-13-4-6-17-15(16)9-13/h2-4,6,8-9H,5,7H2,1H3,(H,17,18). The van der Waals surface area contributed by atoms with Gasteiger partial charge in [0.15, 0.2) is 0 Å². The Kier molecular flexibility index (Phi) is 3.32. The molecule has 102 valence electrons. The maximum Gasteiger partial charge on any atom is 0.223 e. The van der Waals surface area contributed by atoms with Crippen LogP contribution in [0.2, 0.25) is 5.15 Å². The average Bonchev–Trinajstić information content (AvgIpc) is 2.82. The Hall–Kier alpha value is -2.07. The molecular weight excluding hydrogens is 274 g/mol. The fourth-order valence-corrected chi connectivity index (χ4v) is 2.63. The van der Waals surface area contributed by atoms with Gasteiger partial charge in [-0.3, -0.25) is 4.79 Å². The SMILES string of the molecule is CC(=O)N1CCc2cc(Nc3ccnc(Cl)c3)ccc21. The van der Waals surface area contributed by atoms with Crippen LogP contribution in [0, 0.1) is 0 Å². The summed E-state index contributed by atoms with van der Waals surface area (Å²) in [5.74, 6) is 0.0883. The van der Waals surface area contributed by atoms with Crippen molar-refractivity contribution in [2.24, 2.45) is 0 Å². The van der Waals surface area contributed by atoms with Crippen LogP contribution in [0.25, 0.3) is 0 Å². The fourth-order valence-electron chi connectivity index (χ4n) is 2.45. The number of amides is 1. The highest BCUT2D eigenvalue weighted by atomic mass is 35.5. The van der Waals surface area contributed by atoms with Crippen molar-refractivity contribution in [3.05, 3.63) is 47.2 Å². The number of hydrogen-bond acceptors (Lipinski definition) is 3. The van der Waals surface area contributed by atoms with Crippen LogP contribution in [0.5, 0.6) is 0 Å². The van der Waals surface area contributed by atoms with Gasteiger partial charge in [0.25, 0.3) is 0 Å². The lowest BCUT2D eigenvalue weighted by Crippen LogP contribution is -2.25. The van der Waals surface area contributed by atoms with Crippen LogP contribution in [0.15, 0.2) is 36.5 Å². The molecule has 0 saturated carbocycles. The molecule has 4 nitrogen and oxygen atoms in total. The summed E-state index contributed by atoms with van der Waals surface area (Å²) in [4.78, 5) is 17.3. The fraction of sp³-hybridized carbons (Fsp3) is 0.200. The first kappa shape index (κ1) is 12.9. The third-order valence-corrected chi connectivity index (χ3v) is 3.58. The van der Waals surface area contributed by atoms with Gasteiger partial charge in [-0.25, -0.2) is 4.98 Å². The minimum absolute atomic E-state index is 0.0883. The highest BCUT2D eigenvalue weighted by molar-refractivity contribution is 6.29. The van der Waals surface area contributed by atoms with E-state index in [9.17, 15) is 4.79 Å². The molecule has 0 unspecified atom stereocenters. The number of carbonyl (C=O) groups excluding carboxylic acids is 1. The lowest BCUT2D eigenvalue weighted by atomic mass is 10.1. The third kappa shape index (κ3) is 2.47. The number of benzene rings is 1. The van der Waals surface area contributed by atoms with Crippen molar-refractivity contribution in [3.63, 3.8) is 0 Å². The van der Waals surface area contributed by atoms with E-state index in [1.807, 2.05) is 23.1 Å². The number of nitrogens with one attached hydrogen (secondary N) is 1. The molecule has 3 rings (SSSR count). The molecule has 0 radical (unpaired) electrons. The van der Waals surface area contributed by atoms with Crippen LogP contribution in [-0.2, 0) is 11.2 Å². The van der Waals surface area contributed by atoms with E-state index in [0.29, 0.717) is 5.15 Å². The van der Waals surface area contributed by atoms with Gasteiger partial charge in [0.1, 0.15) is 5.15 Å². The van der Waals surface area contributed by atoms with Crippen LogP contribution in [0.4, 0.5) is 17.1 Å². The number of rotatable bonds is 2. The van der Waals surface area contributed by atoms with Crippen LogP contribution >= 0.6 is 11.6 Å². The summed E-state index contributed by atoms with van der Waals surface area (Å²) >= 11 is 5.86. The van der Waals surface area contributed by atoms with E-state index in [0.717, 1.165) is 30.0 Å². The van der Waals surface area contributed by atoms with E-state index in [-0.39, 0.29) is 5.91 Å². The Morgan fingerprint density at radius 3 is 2.85 bits per heavy atom. The number of hydrogen-bond donors (Lipinski definition) is 1. The number of carbonyl (C=O) groups is 1. The third-order valence-electron chi connectivity index (χ3n) is 3.37. The molecule has 0 saturated heterocycles. The number of anilines is 3. The molecule has 0 aliphatic carbocycles. The van der Waals surface area contributed by atoms with Crippen LogP contribution in [0.1, 0.15) is 12.5 Å². The number of halogens is 1. The molecule has 20 heavy (non-hydrogen) atoms. The van der Waals surface area contributed by atoms with Crippen molar-refractivity contribution in [2.75, 3.05) is 16.8 Å². The number of aromatic nitrogens is 1. The molecule has 0 fully saturated rings. The zero-order valence-corrected chi connectivity index (χ0v) is 11.8. The summed E-state index contributed by atoms with van der Waals surface area (Å²) in [6.07, 6.45) is 2.55. The summed E-state index contributed by atoms with van der Waals surface area (Å²) in [7, 11) is 0. The molecule has 1 aliphatic heterocycles. The minimum atomic E-state index is 0.0883. The minimum Gasteiger partial charge on any atom is -0.355 e. The van der Waals surface area contributed by atoms with Gasteiger partial charge in [0, 0.05) is 36.7 Å². The average molecular weight is 288 g/mol. The Balaban J connectivity index is 1.85. The second-order valence-electron chi connectivity index (χ2n) is 4.76. The summed E-state index contributed by atoms with van der Waals surface area (Å²) in [6.45, 7) is 2.36. The first-order valence-corrected chi connectivity index (χ1v) is 6.81. The molecule has 5 heteroatoms. The quantitative estimate of drug-likeness (QED) is 0.861. The predicted molar refractivity (Wildman–Crippen MR) is 80.7 cm³/mol. The highest BCUT2D eigenvalue weighted by Crippen LogP contribution is 2.31. The molecule has 1 aromatic carbocycles. The molecule has 1 aromatic heterocycles. The second kappa shape index (κ2) is 5.13. The van der Waals surface area contributed by atoms with Crippen molar-refractivity contribution in [1.82, 2.24) is 4.98 Å². The summed E-state index contributed by atoms with van der Waals surface area (Å²) in [5.41, 5.74) is 4.07. The van der Waals surface area contributed by atoms with Crippen molar-refractivity contribution in [1.29, 1.82) is 0 Å². The Labute approximate surface area is 122 Å². The number of pyridine rings is 1. The summed E-state index contributed by atoms with van der Waals surface area (Å²) < 4.78 is 0. The van der Waals surface area contributed by atoms with Crippen LogP contribution in [-0.4, -0.2) is 17.4 Å². The van der Waals surface area contributed by atoms with Gasteiger partial charge in [-0.15, -0.1) is 0 Å². The van der Waals surface area contributed by atoms with Crippen LogP contribution < -0.4 is 10.2 Å². The topological polar surface area (TPSA) is 45.2 Å². The molecule has 2 heterocycles. The summed E-state index contributed by atoms with van der Waals surface area (Å²) in [6, 6.07) is 9.66. The Morgan fingerprint density at radius 2 is 2.10 bits per heavy atom. The molecule has 2 aromatic rings. The number of nitrogens with zero attached hydrogens (tertiary/aromatic N) is 2. The second-order valence-corrected chi connectivity index (χ2v) is 5.14. The van der Waals surface area contributed by atoms with Crippen LogP contribution in [0.3, 0.4) is 0 Å². The van der Waals surface area contributed by atoms with Crippen molar-refractivity contribution in [2.45, 2.75) is 13.3 Å². The summed E-state index contributed by atoms with van der Waals surface area (Å²) in [5, 5.41) is 3.75. The zero-order valence-electron chi connectivity index (χ0n) is 11.1. The van der Waals surface area contributed by atoms with Crippen molar-refractivity contribution < 1.29 is 4.79 Å². The normalized spacial score (nSPS) is 13.2. The van der Waals surface area contributed by atoms with Gasteiger partial charge in [-0.2, -0.15) is 0 Å². The molecule has 1 N–H and O–H groups in total. The maximum absolute atomic E-state index is 11.5. The van der Waals surface area contributed by atoms with E-state index >= 15 is 0 Å². The Bertz CT molecular complexity index is 672. The lowest BCUT2D eigenvalue weighted by molar-refractivity contribution is -0.116. The van der Waals surface area contributed by atoms with E-state index < -0.39 is 0 Å². The smallest absolute Gasteiger partial charge is 0.223 e. The van der Waals surface area contributed by atoms with Crippen molar-refractivity contribution in [3.8, 4) is 0 Å². The van der Waals surface area contributed by atoms with E-state index in [2.05, 4.69) is 16.4 Å². The molecule has 1 amide bonds. The van der Waals surface area contributed by atoms with Gasteiger partial charge in [0.05, 0.1) is 0 Å². The monoisotopic (exact) mass is 287 g/mol. The van der Waals surface area contributed by atoms with E-state index in [1.54, 1.807) is 19.2 Å². The van der Waals surface area contributed by atoms with Gasteiger partial charge in [0.2, 0.25) is 5.91 Å². The lowest BCUT2D eigenvalue weighted by Gasteiger charge is -2.15. The molecule has 0 atom stereocenters. The largest absolute Gasteiger partial charge is 0.355 e. The van der Waals surface area contributed by atoms with Gasteiger partial charge in [-0.05, 0) is 42.3 Å². The molecular formula is C15H14ClN3O. The molecule has 0 spiro atoms. The predicted octanol–water partition coefficient (Wildman–Crippen LogP) is 3.39. The first-order valence-electron chi connectivity index (χ1n) is 6.43. The van der Waals surface area contributed by atoms with Gasteiger partial charge < -0.3 is 10.2 Å². The van der Waals surface area contributed by atoms with Gasteiger partial charge in [-0.1, -0.05) is 11.6 Å². The Morgan fingerprint density at radius 1 is 1.30 bits per heavy atom. The molecule has 0 bridgehead atoms. The van der Waals surface area contributed by atoms with E-state index in [4.69, 9.17) is 11.6 Å². The van der Waals surface area contributed by atoms with E-state index in [1.165, 1.54) is 5.56 Å². The molecule has 1 aliphatic rings.